The zero-order valence-corrected chi connectivity index (χ0v) is 28.6. The average Bonchev–Trinajstić information content (AvgIpc) is 3.66. The lowest BCUT2D eigenvalue weighted by molar-refractivity contribution is -0.144. The number of aromatic amines is 1. The van der Waals surface area contributed by atoms with Gasteiger partial charge in [0.15, 0.2) is 5.65 Å². The molecule has 13 heteroatoms. The van der Waals surface area contributed by atoms with Gasteiger partial charge in [-0.1, -0.05) is 72.8 Å². The van der Waals surface area contributed by atoms with E-state index in [1.807, 2.05) is 84.9 Å². The molecule has 0 saturated carbocycles. The third-order valence-corrected chi connectivity index (χ3v) is 8.64. The summed E-state index contributed by atoms with van der Waals surface area (Å²) >= 11 is 0. The lowest BCUT2D eigenvalue weighted by atomic mass is 9.77. The van der Waals surface area contributed by atoms with Gasteiger partial charge in [0.25, 0.3) is 5.91 Å². The fourth-order valence-corrected chi connectivity index (χ4v) is 6.08. The normalized spacial score (nSPS) is 11.2. The molecule has 4 aromatic carbocycles. The summed E-state index contributed by atoms with van der Waals surface area (Å²) in [5, 5.41) is 23.5. The molecule has 2 amide bonds. The van der Waals surface area contributed by atoms with Crippen molar-refractivity contribution in [3.8, 4) is 11.5 Å². The largest absolute Gasteiger partial charge is 0.497 e. The number of methoxy groups -OCH3 is 2. The Balaban J connectivity index is 1.25. The van der Waals surface area contributed by atoms with E-state index in [0.29, 0.717) is 28.1 Å². The molecule has 0 bridgehead atoms. The van der Waals surface area contributed by atoms with Crippen LogP contribution in [-0.2, 0) is 21.5 Å². The van der Waals surface area contributed by atoms with Gasteiger partial charge in [-0.2, -0.15) is 5.10 Å². The molecule has 0 aliphatic rings. The van der Waals surface area contributed by atoms with Crippen molar-refractivity contribution < 1.29 is 29.0 Å². The van der Waals surface area contributed by atoms with Gasteiger partial charge < -0.3 is 24.8 Å². The molecule has 2 aromatic heterocycles. The highest BCUT2D eigenvalue weighted by atomic mass is 16.5. The number of hydrogen-bond acceptors (Lipinski definition) is 9. The monoisotopic (exact) mass is 699 g/mol. The molecule has 13 nitrogen and oxygen atoms in total. The van der Waals surface area contributed by atoms with Crippen LogP contribution in [0.25, 0.3) is 11.0 Å². The lowest BCUT2D eigenvalue weighted by Gasteiger charge is -2.38. The number of nitrogens with zero attached hydrogens (tertiary/aromatic N) is 4. The maximum absolute atomic E-state index is 13.8. The maximum atomic E-state index is 13.8. The molecule has 0 unspecified atom stereocenters. The number of aromatic nitrogens is 4. The van der Waals surface area contributed by atoms with E-state index in [2.05, 4.69) is 30.8 Å². The van der Waals surface area contributed by atoms with E-state index >= 15 is 0 Å². The number of anilines is 1. The number of ether oxygens (including phenoxy) is 2. The molecule has 0 atom stereocenters. The van der Waals surface area contributed by atoms with Gasteiger partial charge in [-0.25, -0.2) is 9.97 Å². The Kier molecular flexibility index (Phi) is 10.8. The summed E-state index contributed by atoms with van der Waals surface area (Å²) < 4.78 is 10.6. The first-order valence-electron chi connectivity index (χ1n) is 16.5. The van der Waals surface area contributed by atoms with Crippen LogP contribution in [0.2, 0.25) is 0 Å². The molecule has 264 valence electrons. The van der Waals surface area contributed by atoms with Crippen LogP contribution >= 0.6 is 0 Å². The quantitative estimate of drug-likeness (QED) is 0.111. The summed E-state index contributed by atoms with van der Waals surface area (Å²) in [7, 11) is 3.15. The van der Waals surface area contributed by atoms with Crippen LogP contribution in [0.4, 0.5) is 5.82 Å². The van der Waals surface area contributed by atoms with E-state index in [-0.39, 0.29) is 31.2 Å². The number of aliphatic carboxylic acids is 1. The molecule has 6 aromatic rings. The molecule has 0 saturated heterocycles. The van der Waals surface area contributed by atoms with Gasteiger partial charge in [-0.3, -0.25) is 24.8 Å². The van der Waals surface area contributed by atoms with Gasteiger partial charge in [-0.05, 0) is 53.1 Å². The van der Waals surface area contributed by atoms with Crippen LogP contribution in [0.15, 0.2) is 115 Å². The summed E-state index contributed by atoms with van der Waals surface area (Å²) in [6.45, 7) is -0.269. The molecule has 0 aliphatic carbocycles. The average molecular weight is 700 g/mol. The van der Waals surface area contributed by atoms with Crippen molar-refractivity contribution in [2.45, 2.75) is 12.0 Å². The Morgan fingerprint density at radius 2 is 1.37 bits per heavy atom. The Labute approximate surface area is 299 Å². The van der Waals surface area contributed by atoms with Crippen molar-refractivity contribution in [1.29, 1.82) is 0 Å². The molecular weight excluding hydrogens is 662 g/mol. The van der Waals surface area contributed by atoms with Crippen LogP contribution in [0.1, 0.15) is 32.9 Å². The maximum Gasteiger partial charge on any atom is 0.323 e. The second-order valence-electron chi connectivity index (χ2n) is 11.8. The zero-order valence-electron chi connectivity index (χ0n) is 28.6. The lowest BCUT2D eigenvalue weighted by Crippen LogP contribution is -2.49. The SMILES string of the molecule is COc1ccc(C(=O)Nc2nc(CC(=O)N(CCNC(c3ccccc3)(c3ccccc3)c3ccc(OC)cc3)CC(=O)O)nc3[nH]ncc23)cc1. The van der Waals surface area contributed by atoms with Crippen molar-refractivity contribution >= 4 is 34.6 Å². The van der Waals surface area contributed by atoms with E-state index in [1.165, 1.54) is 18.2 Å². The first-order valence-corrected chi connectivity index (χ1v) is 16.5. The summed E-state index contributed by atoms with van der Waals surface area (Å²) in [5.74, 6) is -0.569. The molecule has 52 heavy (non-hydrogen) atoms. The Morgan fingerprint density at radius 1 is 0.788 bits per heavy atom. The molecule has 0 spiro atoms. The topological polar surface area (TPSA) is 172 Å². The highest BCUT2D eigenvalue weighted by Gasteiger charge is 2.36. The van der Waals surface area contributed by atoms with Gasteiger partial charge in [0.2, 0.25) is 5.91 Å². The summed E-state index contributed by atoms with van der Waals surface area (Å²) in [6, 6.07) is 34.1. The number of nitrogens with one attached hydrogen (secondary N) is 3. The third-order valence-electron chi connectivity index (χ3n) is 8.64. The fraction of sp³-hybridized carbons (Fsp3) is 0.179. The predicted octanol–water partition coefficient (Wildman–Crippen LogP) is 4.66. The van der Waals surface area contributed by atoms with Gasteiger partial charge in [0, 0.05) is 18.7 Å². The molecule has 0 aliphatic heterocycles. The minimum Gasteiger partial charge on any atom is -0.497 e. The minimum atomic E-state index is -1.17. The number of carbonyl (C=O) groups excluding carboxylic acids is 2. The van der Waals surface area contributed by atoms with Crippen LogP contribution in [0, 0.1) is 0 Å². The van der Waals surface area contributed by atoms with Gasteiger partial charge in [0.05, 0.1) is 37.8 Å². The van der Waals surface area contributed by atoms with Crippen LogP contribution in [-0.4, -0.2) is 81.8 Å². The highest BCUT2D eigenvalue weighted by molar-refractivity contribution is 6.07. The fourth-order valence-electron chi connectivity index (χ4n) is 6.08. The van der Waals surface area contributed by atoms with Crippen molar-refractivity contribution in [1.82, 2.24) is 30.4 Å². The molecular formula is C39H37N7O6. The number of benzene rings is 4. The minimum absolute atomic E-state index is 0.0517. The van der Waals surface area contributed by atoms with E-state index in [1.54, 1.807) is 31.4 Å². The standard InChI is InChI=1S/C39H37N7O6/c1-51-30-17-13-26(14-18-30)38(50)44-36-32-24-41-45-37(32)43-33(42-36)23-34(47)46(25-35(48)49)22-21-40-39(27-9-5-3-6-10-27,28-11-7-4-8-12-28)29-15-19-31(52-2)20-16-29/h3-20,24,40H,21-23,25H2,1-2H3,(H,48,49)(H2,41,42,43,44,45,50). The zero-order chi connectivity index (χ0) is 36.5. The second kappa shape index (κ2) is 16.0. The summed E-state index contributed by atoms with van der Waals surface area (Å²) in [5.41, 5.74) is 2.64. The van der Waals surface area contributed by atoms with E-state index in [9.17, 15) is 19.5 Å². The molecule has 2 heterocycles. The predicted molar refractivity (Wildman–Crippen MR) is 194 cm³/mol. The molecule has 4 N–H and O–H groups in total. The number of fused-ring (bicyclic) bond motifs is 1. The highest BCUT2D eigenvalue weighted by Crippen LogP contribution is 2.37. The first-order chi connectivity index (χ1) is 25.3. The van der Waals surface area contributed by atoms with Crippen LogP contribution < -0.4 is 20.1 Å². The number of amides is 2. The third kappa shape index (κ3) is 7.74. The summed E-state index contributed by atoms with van der Waals surface area (Å²) in [4.78, 5) is 49.1. The first kappa shape index (κ1) is 35.2. The van der Waals surface area contributed by atoms with Crippen molar-refractivity contribution in [3.05, 3.63) is 143 Å². The molecule has 0 radical (unpaired) electrons. The van der Waals surface area contributed by atoms with Crippen LogP contribution in [0.5, 0.6) is 11.5 Å². The van der Waals surface area contributed by atoms with Crippen molar-refractivity contribution in [2.24, 2.45) is 0 Å². The van der Waals surface area contributed by atoms with E-state index < -0.39 is 29.9 Å². The number of carboxylic acid groups (broad SMARTS) is 1. The number of rotatable bonds is 15. The smallest absolute Gasteiger partial charge is 0.323 e. The molecule has 6 rings (SSSR count). The Bertz CT molecular complexity index is 2100. The number of carboxylic acids is 1. The van der Waals surface area contributed by atoms with E-state index in [0.717, 1.165) is 16.7 Å². The van der Waals surface area contributed by atoms with Crippen LogP contribution in [0.3, 0.4) is 0 Å². The van der Waals surface area contributed by atoms with E-state index in [4.69, 9.17) is 9.47 Å². The Morgan fingerprint density at radius 3 is 1.94 bits per heavy atom. The van der Waals surface area contributed by atoms with Gasteiger partial charge in [-0.15, -0.1) is 0 Å². The van der Waals surface area contributed by atoms with Gasteiger partial charge in [0.1, 0.15) is 29.7 Å². The number of hydrogen-bond donors (Lipinski definition) is 4. The Hall–Kier alpha value is -6.60. The van der Waals surface area contributed by atoms with Crippen molar-refractivity contribution in [2.75, 3.05) is 39.2 Å². The van der Waals surface area contributed by atoms with Gasteiger partial charge >= 0.3 is 5.97 Å². The summed E-state index contributed by atoms with van der Waals surface area (Å²) in [6.07, 6.45) is 1.15. The molecule has 0 fully saturated rings. The number of carbonyl (C=O) groups is 3. The number of H-pyrrole nitrogens is 1. The second-order valence-corrected chi connectivity index (χ2v) is 11.8. The van der Waals surface area contributed by atoms with Crippen molar-refractivity contribution in [3.63, 3.8) is 0 Å².